The Morgan fingerprint density at radius 3 is 2.50 bits per heavy atom. The van der Waals surface area contributed by atoms with Crippen LogP contribution in [0.4, 0.5) is 0 Å². The molecule has 0 aromatic carbocycles. The molecule has 1 unspecified atom stereocenters. The zero-order valence-corrected chi connectivity index (χ0v) is 5.44. The first-order valence-electron chi connectivity index (χ1n) is 2.88. The van der Waals surface area contributed by atoms with Gasteiger partial charge in [0.2, 0.25) is 0 Å². The number of hydrogen-bond acceptors (Lipinski definition) is 3. The van der Waals surface area contributed by atoms with Crippen LogP contribution in [0.5, 0.6) is 0 Å². The Morgan fingerprint density at radius 1 is 1.75 bits per heavy atom. The van der Waals surface area contributed by atoms with Gasteiger partial charge in [0.1, 0.15) is 5.79 Å². The topological polar surface area (TPSA) is 41.3 Å². The molecule has 1 aliphatic heterocycles. The van der Waals surface area contributed by atoms with Crippen LogP contribution >= 0.6 is 0 Å². The molecule has 1 saturated heterocycles. The Balaban J connectivity index is 2.54. The Morgan fingerprint density at radius 2 is 2.38 bits per heavy atom. The van der Waals surface area contributed by atoms with E-state index in [1.807, 2.05) is 14.0 Å². The van der Waals surface area contributed by atoms with Crippen LogP contribution in [0.25, 0.3) is 0 Å². The van der Waals surface area contributed by atoms with E-state index >= 15 is 0 Å². The molecule has 0 amide bonds. The molecule has 0 saturated carbocycles. The summed E-state index contributed by atoms with van der Waals surface area (Å²) in [5.41, 5.74) is 5.74. The Hall–Kier alpha value is -0.120. The van der Waals surface area contributed by atoms with Crippen LogP contribution in [0.15, 0.2) is 0 Å². The first-order chi connectivity index (χ1) is 3.63. The number of hydrogen-bond donors (Lipinski definition) is 2. The lowest BCUT2D eigenvalue weighted by Gasteiger charge is -2.26. The van der Waals surface area contributed by atoms with Crippen molar-refractivity contribution in [1.29, 1.82) is 0 Å². The monoisotopic (exact) mass is 115 g/mol. The number of rotatable bonds is 0. The molecular formula is C5H13N3. The van der Waals surface area contributed by atoms with Crippen molar-refractivity contribution in [3.63, 3.8) is 0 Å². The molecule has 3 heteroatoms. The molecular weight excluding hydrogens is 102 g/mol. The maximum Gasteiger partial charge on any atom is 0.120 e. The van der Waals surface area contributed by atoms with Gasteiger partial charge in [0, 0.05) is 13.1 Å². The van der Waals surface area contributed by atoms with Gasteiger partial charge in [0.25, 0.3) is 0 Å². The Labute approximate surface area is 49.8 Å². The van der Waals surface area contributed by atoms with E-state index in [9.17, 15) is 0 Å². The molecule has 0 radical (unpaired) electrons. The summed E-state index contributed by atoms with van der Waals surface area (Å²) in [7, 11) is 2.01. The fourth-order valence-electron chi connectivity index (χ4n) is 0.844. The van der Waals surface area contributed by atoms with Crippen LogP contribution in [0.2, 0.25) is 0 Å². The summed E-state index contributed by atoms with van der Waals surface area (Å²) in [5.74, 6) is -0.264. The van der Waals surface area contributed by atoms with Crippen molar-refractivity contribution in [3.8, 4) is 0 Å². The third kappa shape index (κ3) is 0.844. The van der Waals surface area contributed by atoms with E-state index in [-0.39, 0.29) is 5.79 Å². The second-order valence-electron chi connectivity index (χ2n) is 2.50. The average molecular weight is 115 g/mol. The van der Waals surface area contributed by atoms with E-state index in [1.165, 1.54) is 0 Å². The highest BCUT2D eigenvalue weighted by atomic mass is 15.4. The van der Waals surface area contributed by atoms with E-state index in [2.05, 4.69) is 10.2 Å². The maximum atomic E-state index is 5.74. The maximum absolute atomic E-state index is 5.74. The number of nitrogens with two attached hydrogens (primary N) is 1. The molecule has 3 N–H and O–H groups in total. The third-order valence-electron chi connectivity index (χ3n) is 1.72. The number of nitrogens with one attached hydrogen (secondary N) is 1. The minimum absolute atomic E-state index is 0.264. The van der Waals surface area contributed by atoms with E-state index in [4.69, 9.17) is 5.73 Å². The first-order valence-corrected chi connectivity index (χ1v) is 2.88. The summed E-state index contributed by atoms with van der Waals surface area (Å²) >= 11 is 0. The zero-order chi connectivity index (χ0) is 6.20. The van der Waals surface area contributed by atoms with Crippen LogP contribution < -0.4 is 11.1 Å². The van der Waals surface area contributed by atoms with Gasteiger partial charge in [0.05, 0.1) is 0 Å². The van der Waals surface area contributed by atoms with E-state index in [0.29, 0.717) is 0 Å². The summed E-state index contributed by atoms with van der Waals surface area (Å²) in [6, 6.07) is 0. The van der Waals surface area contributed by atoms with Gasteiger partial charge < -0.3 is 5.73 Å². The normalized spacial score (nSPS) is 40.9. The fourth-order valence-corrected chi connectivity index (χ4v) is 0.844. The Bertz CT molecular complexity index is 89.7. The highest BCUT2D eigenvalue weighted by Gasteiger charge is 2.27. The van der Waals surface area contributed by atoms with Crippen LogP contribution in [-0.2, 0) is 0 Å². The zero-order valence-electron chi connectivity index (χ0n) is 5.44. The smallest absolute Gasteiger partial charge is 0.120 e. The number of likely N-dealkylation sites (N-methyl/N-ethyl adjacent to an activating group) is 1. The fraction of sp³-hybridized carbons (Fsp3) is 1.00. The molecule has 0 aromatic rings. The quantitative estimate of drug-likeness (QED) is 0.432. The van der Waals surface area contributed by atoms with Crippen LogP contribution in [0.1, 0.15) is 6.92 Å². The number of nitrogens with zero attached hydrogens (tertiary/aromatic N) is 1. The lowest BCUT2D eigenvalue weighted by molar-refractivity contribution is 0.182. The van der Waals surface area contributed by atoms with Gasteiger partial charge >= 0.3 is 0 Å². The molecule has 0 bridgehead atoms. The van der Waals surface area contributed by atoms with Crippen molar-refractivity contribution < 1.29 is 0 Å². The molecule has 0 spiro atoms. The summed E-state index contributed by atoms with van der Waals surface area (Å²) < 4.78 is 0. The summed E-state index contributed by atoms with van der Waals surface area (Å²) in [4.78, 5) is 2.09. The van der Waals surface area contributed by atoms with Crippen molar-refractivity contribution in [3.05, 3.63) is 0 Å². The standard InChI is InChI=1S/C5H13N3/c1-5(6)7-3-4-8(5)2/h7H,3-4,6H2,1-2H3. The van der Waals surface area contributed by atoms with E-state index < -0.39 is 0 Å². The SMILES string of the molecule is CN1CCNC1(C)N. The highest BCUT2D eigenvalue weighted by Crippen LogP contribution is 2.04. The van der Waals surface area contributed by atoms with E-state index in [0.717, 1.165) is 13.1 Å². The predicted octanol–water partition coefficient (Wildman–Crippen LogP) is -0.846. The molecule has 0 aliphatic carbocycles. The van der Waals surface area contributed by atoms with Gasteiger partial charge in [0.15, 0.2) is 0 Å². The van der Waals surface area contributed by atoms with Gasteiger partial charge in [-0.2, -0.15) is 0 Å². The van der Waals surface area contributed by atoms with Gasteiger partial charge in [-0.3, -0.25) is 10.2 Å². The lowest BCUT2D eigenvalue weighted by Crippen LogP contribution is -2.55. The van der Waals surface area contributed by atoms with Crippen LogP contribution in [0, 0.1) is 0 Å². The third-order valence-corrected chi connectivity index (χ3v) is 1.72. The molecule has 1 heterocycles. The highest BCUT2D eigenvalue weighted by molar-refractivity contribution is 4.81. The van der Waals surface area contributed by atoms with Crippen LogP contribution in [0.3, 0.4) is 0 Å². The summed E-state index contributed by atoms with van der Waals surface area (Å²) in [6.45, 7) is 4.02. The summed E-state index contributed by atoms with van der Waals surface area (Å²) in [6.07, 6.45) is 0. The molecule has 1 fully saturated rings. The largest absolute Gasteiger partial charge is 0.301 e. The predicted molar refractivity (Wildman–Crippen MR) is 33.2 cm³/mol. The van der Waals surface area contributed by atoms with Crippen molar-refractivity contribution in [2.24, 2.45) is 5.73 Å². The molecule has 1 atom stereocenters. The second kappa shape index (κ2) is 1.69. The van der Waals surface area contributed by atoms with Crippen molar-refractivity contribution in [2.45, 2.75) is 12.7 Å². The summed E-state index contributed by atoms with van der Waals surface area (Å²) in [5, 5.41) is 3.15. The molecule has 3 nitrogen and oxygen atoms in total. The molecule has 1 aliphatic rings. The molecule has 48 valence electrons. The Kier molecular flexibility index (Phi) is 1.27. The van der Waals surface area contributed by atoms with Gasteiger partial charge in [-0.25, -0.2) is 0 Å². The minimum Gasteiger partial charge on any atom is -0.301 e. The van der Waals surface area contributed by atoms with Gasteiger partial charge in [-0.15, -0.1) is 0 Å². The van der Waals surface area contributed by atoms with Gasteiger partial charge in [-0.1, -0.05) is 0 Å². The van der Waals surface area contributed by atoms with Crippen molar-refractivity contribution in [2.75, 3.05) is 20.1 Å². The lowest BCUT2D eigenvalue weighted by atomic mass is 10.4. The minimum atomic E-state index is -0.264. The van der Waals surface area contributed by atoms with Crippen molar-refractivity contribution in [1.82, 2.24) is 10.2 Å². The molecule has 0 aromatic heterocycles. The second-order valence-corrected chi connectivity index (χ2v) is 2.50. The van der Waals surface area contributed by atoms with E-state index in [1.54, 1.807) is 0 Å². The average Bonchev–Trinajstić information content (AvgIpc) is 1.86. The molecule has 1 rings (SSSR count). The molecule has 8 heavy (non-hydrogen) atoms. The first kappa shape index (κ1) is 6.01. The van der Waals surface area contributed by atoms with Gasteiger partial charge in [-0.05, 0) is 14.0 Å². The van der Waals surface area contributed by atoms with Crippen LogP contribution in [-0.4, -0.2) is 30.8 Å². The van der Waals surface area contributed by atoms with Crippen molar-refractivity contribution >= 4 is 0 Å².